The summed E-state index contributed by atoms with van der Waals surface area (Å²) in [5, 5.41) is 19.6. The molecule has 0 atom stereocenters. The summed E-state index contributed by atoms with van der Waals surface area (Å²) in [5.41, 5.74) is 2.19. The molecule has 1 amide bonds. The van der Waals surface area contributed by atoms with Gasteiger partial charge in [-0.05, 0) is 61.6 Å². The van der Waals surface area contributed by atoms with Gasteiger partial charge in [-0.1, -0.05) is 24.3 Å². The summed E-state index contributed by atoms with van der Waals surface area (Å²) in [5.74, 6) is 1.17. The number of fused-ring (bicyclic) bond motifs is 1. The van der Waals surface area contributed by atoms with Crippen LogP contribution >= 0.6 is 23.6 Å². The average molecular weight is 453 g/mol. The van der Waals surface area contributed by atoms with Crippen molar-refractivity contribution >= 4 is 45.2 Å². The van der Waals surface area contributed by atoms with Crippen molar-refractivity contribution in [1.82, 2.24) is 25.1 Å². The molecule has 0 saturated heterocycles. The molecule has 0 aliphatic rings. The molecule has 0 fully saturated rings. The van der Waals surface area contributed by atoms with E-state index in [9.17, 15) is 4.79 Å². The maximum Gasteiger partial charge on any atom is 0.257 e. The highest BCUT2D eigenvalue weighted by atomic mass is 32.1. The molecule has 0 aliphatic heterocycles. The normalized spacial score (nSPS) is 10.8. The maximum atomic E-state index is 12.4. The molecule has 158 valence electrons. The van der Waals surface area contributed by atoms with Crippen LogP contribution in [0.4, 0.5) is 5.69 Å². The fraction of sp³-hybridized carbons (Fsp3) is 0.190. The summed E-state index contributed by atoms with van der Waals surface area (Å²) in [6, 6.07) is 14.6. The van der Waals surface area contributed by atoms with Crippen LogP contribution in [0.1, 0.15) is 30.0 Å². The standard InChI is InChI=1S/C21H20N6O2S2/c1-3-17-24-25-21-27(17)26-19(31-21)13-8-10-15(11-9-13)22-20(30)23-18(28)14-6-5-7-16(12-14)29-4-2/h5-12H,3-4H2,1-2H3,(H2,22,23,28,30). The summed E-state index contributed by atoms with van der Waals surface area (Å²) in [4.78, 5) is 13.2. The first-order valence-corrected chi connectivity index (χ1v) is 11.0. The highest BCUT2D eigenvalue weighted by Crippen LogP contribution is 2.26. The van der Waals surface area contributed by atoms with Crippen molar-refractivity contribution in [3.8, 4) is 16.3 Å². The van der Waals surface area contributed by atoms with Gasteiger partial charge in [0.25, 0.3) is 5.91 Å². The Kier molecular flexibility index (Phi) is 6.19. The van der Waals surface area contributed by atoms with Crippen LogP contribution in [-0.2, 0) is 6.42 Å². The number of ether oxygens (including phenoxy) is 1. The second kappa shape index (κ2) is 9.19. The lowest BCUT2D eigenvalue weighted by Gasteiger charge is -2.11. The van der Waals surface area contributed by atoms with Crippen LogP contribution in [0.15, 0.2) is 48.5 Å². The van der Waals surface area contributed by atoms with Crippen molar-refractivity contribution in [3.05, 3.63) is 59.9 Å². The number of nitrogens with one attached hydrogen (secondary N) is 2. The Labute approximate surface area is 188 Å². The molecule has 8 nitrogen and oxygen atoms in total. The third-order valence-corrected chi connectivity index (χ3v) is 5.55. The van der Waals surface area contributed by atoms with Crippen LogP contribution < -0.4 is 15.4 Å². The molecule has 2 aromatic heterocycles. The topological polar surface area (TPSA) is 93.4 Å². The van der Waals surface area contributed by atoms with Crippen LogP contribution in [0.3, 0.4) is 0 Å². The van der Waals surface area contributed by atoms with E-state index in [4.69, 9.17) is 17.0 Å². The number of hydrogen-bond donors (Lipinski definition) is 2. The van der Waals surface area contributed by atoms with E-state index < -0.39 is 0 Å². The summed E-state index contributed by atoms with van der Waals surface area (Å²) in [6.45, 7) is 4.45. The first-order chi connectivity index (χ1) is 15.1. The average Bonchev–Trinajstić information content (AvgIpc) is 3.35. The molecule has 0 bridgehead atoms. The summed E-state index contributed by atoms with van der Waals surface area (Å²) in [7, 11) is 0. The zero-order valence-electron chi connectivity index (χ0n) is 17.0. The Bertz CT molecular complexity index is 1230. The van der Waals surface area contributed by atoms with Gasteiger partial charge in [-0.3, -0.25) is 10.1 Å². The largest absolute Gasteiger partial charge is 0.494 e. The number of aryl methyl sites for hydroxylation is 1. The van der Waals surface area contributed by atoms with Gasteiger partial charge in [0.05, 0.1) is 6.61 Å². The Morgan fingerprint density at radius 2 is 1.97 bits per heavy atom. The monoisotopic (exact) mass is 452 g/mol. The molecular weight excluding hydrogens is 432 g/mol. The number of carbonyl (C=O) groups is 1. The van der Waals surface area contributed by atoms with E-state index in [0.717, 1.165) is 33.5 Å². The second-order valence-electron chi connectivity index (χ2n) is 6.52. The molecule has 2 heterocycles. The Hall–Kier alpha value is -3.37. The van der Waals surface area contributed by atoms with Gasteiger partial charge in [0.2, 0.25) is 4.96 Å². The number of aromatic nitrogens is 4. The van der Waals surface area contributed by atoms with Crippen molar-refractivity contribution in [2.75, 3.05) is 11.9 Å². The Balaban J connectivity index is 1.40. The van der Waals surface area contributed by atoms with E-state index in [2.05, 4.69) is 25.9 Å². The SMILES string of the molecule is CCOc1cccc(C(=O)NC(=S)Nc2ccc(-c3nn4c(CC)nnc4s3)cc2)c1. The van der Waals surface area contributed by atoms with Crippen molar-refractivity contribution in [3.63, 3.8) is 0 Å². The van der Waals surface area contributed by atoms with Crippen LogP contribution in [0.2, 0.25) is 0 Å². The van der Waals surface area contributed by atoms with Gasteiger partial charge < -0.3 is 10.1 Å². The van der Waals surface area contributed by atoms with Gasteiger partial charge >= 0.3 is 0 Å². The molecule has 10 heteroatoms. The van der Waals surface area contributed by atoms with Crippen molar-refractivity contribution in [2.24, 2.45) is 0 Å². The minimum absolute atomic E-state index is 0.214. The van der Waals surface area contributed by atoms with Crippen LogP contribution in [0, 0.1) is 0 Å². The first kappa shape index (κ1) is 20.9. The molecule has 0 aliphatic carbocycles. The third kappa shape index (κ3) is 4.70. The number of anilines is 1. The van der Waals surface area contributed by atoms with Gasteiger partial charge in [0, 0.05) is 23.2 Å². The first-order valence-electron chi connectivity index (χ1n) is 9.74. The second-order valence-corrected chi connectivity index (χ2v) is 7.88. The van der Waals surface area contributed by atoms with E-state index in [0.29, 0.717) is 17.9 Å². The van der Waals surface area contributed by atoms with E-state index in [-0.39, 0.29) is 11.0 Å². The number of nitrogens with zero attached hydrogens (tertiary/aromatic N) is 4. The summed E-state index contributed by atoms with van der Waals surface area (Å²) in [6.07, 6.45) is 0.770. The third-order valence-electron chi connectivity index (χ3n) is 4.40. The van der Waals surface area contributed by atoms with Gasteiger partial charge in [0.15, 0.2) is 10.9 Å². The van der Waals surface area contributed by atoms with Gasteiger partial charge in [-0.15, -0.1) is 10.2 Å². The molecule has 2 N–H and O–H groups in total. The molecular formula is C21H20N6O2S2. The lowest BCUT2D eigenvalue weighted by Crippen LogP contribution is -2.34. The number of thiocarbonyl (C=S) groups is 1. The van der Waals surface area contributed by atoms with E-state index in [1.165, 1.54) is 11.3 Å². The van der Waals surface area contributed by atoms with E-state index in [1.807, 2.05) is 38.1 Å². The molecule has 31 heavy (non-hydrogen) atoms. The number of benzene rings is 2. The minimum Gasteiger partial charge on any atom is -0.494 e. The quantitative estimate of drug-likeness (QED) is 0.428. The van der Waals surface area contributed by atoms with Crippen LogP contribution in [0.25, 0.3) is 15.5 Å². The lowest BCUT2D eigenvalue weighted by molar-refractivity contribution is 0.0977. The zero-order chi connectivity index (χ0) is 21.8. The summed E-state index contributed by atoms with van der Waals surface area (Å²) >= 11 is 6.76. The van der Waals surface area contributed by atoms with Crippen molar-refractivity contribution in [2.45, 2.75) is 20.3 Å². The Morgan fingerprint density at radius 1 is 1.16 bits per heavy atom. The molecule has 2 aromatic carbocycles. The zero-order valence-corrected chi connectivity index (χ0v) is 18.6. The molecule has 0 radical (unpaired) electrons. The van der Waals surface area contributed by atoms with Crippen molar-refractivity contribution in [1.29, 1.82) is 0 Å². The van der Waals surface area contributed by atoms with Crippen molar-refractivity contribution < 1.29 is 9.53 Å². The number of rotatable bonds is 6. The molecule has 0 spiro atoms. The molecule has 0 saturated carbocycles. The van der Waals surface area contributed by atoms with Gasteiger partial charge in [-0.2, -0.15) is 9.61 Å². The van der Waals surface area contributed by atoms with E-state index in [1.54, 1.807) is 28.8 Å². The van der Waals surface area contributed by atoms with Crippen LogP contribution in [0.5, 0.6) is 5.75 Å². The van der Waals surface area contributed by atoms with E-state index >= 15 is 0 Å². The Morgan fingerprint density at radius 3 is 2.71 bits per heavy atom. The highest BCUT2D eigenvalue weighted by Gasteiger charge is 2.12. The smallest absolute Gasteiger partial charge is 0.257 e. The molecule has 4 aromatic rings. The minimum atomic E-state index is -0.304. The predicted molar refractivity (Wildman–Crippen MR) is 125 cm³/mol. The fourth-order valence-corrected chi connectivity index (χ4v) is 4.00. The lowest BCUT2D eigenvalue weighted by atomic mass is 10.2. The highest BCUT2D eigenvalue weighted by molar-refractivity contribution is 7.80. The maximum absolute atomic E-state index is 12.4. The molecule has 4 rings (SSSR count). The fourth-order valence-electron chi connectivity index (χ4n) is 2.92. The van der Waals surface area contributed by atoms with Crippen LogP contribution in [-0.4, -0.2) is 37.4 Å². The number of carbonyl (C=O) groups excluding carboxylic acids is 1. The summed E-state index contributed by atoms with van der Waals surface area (Å²) < 4.78 is 7.21. The number of hydrogen-bond acceptors (Lipinski definition) is 7. The predicted octanol–water partition coefficient (Wildman–Crippen LogP) is 3.94. The van der Waals surface area contributed by atoms with Gasteiger partial charge in [0.1, 0.15) is 10.8 Å². The van der Waals surface area contributed by atoms with Gasteiger partial charge in [-0.25, -0.2) is 0 Å². The molecule has 0 unspecified atom stereocenters. The number of amides is 1.